The van der Waals surface area contributed by atoms with Crippen LogP contribution in [0.1, 0.15) is 65.0 Å². The van der Waals surface area contributed by atoms with Crippen molar-refractivity contribution in [2.75, 3.05) is 6.54 Å². The van der Waals surface area contributed by atoms with Crippen molar-refractivity contribution in [3.05, 3.63) is 35.4 Å². The topological polar surface area (TPSA) is 12.0 Å². The molecule has 0 spiro atoms. The Morgan fingerprint density at radius 2 is 1.90 bits per heavy atom. The van der Waals surface area contributed by atoms with Gasteiger partial charge in [-0.05, 0) is 56.0 Å². The zero-order valence-corrected chi connectivity index (χ0v) is 15.0. The summed E-state index contributed by atoms with van der Waals surface area (Å²) in [6.45, 7) is 15.0. The van der Waals surface area contributed by atoms with Gasteiger partial charge >= 0.3 is 0 Å². The molecule has 21 heavy (non-hydrogen) atoms. The highest BCUT2D eigenvalue weighted by Crippen LogP contribution is 2.27. The van der Waals surface area contributed by atoms with Gasteiger partial charge in [-0.15, -0.1) is 0 Å². The molecule has 1 rings (SSSR count). The second-order valence-electron chi connectivity index (χ2n) is 7.95. The van der Waals surface area contributed by atoms with E-state index in [2.05, 4.69) is 71.1 Å². The van der Waals surface area contributed by atoms with Crippen molar-refractivity contribution in [2.24, 2.45) is 11.3 Å². The molecule has 0 fully saturated rings. The molecule has 0 heterocycles. The minimum atomic E-state index is 0.429. The molecule has 1 N–H and O–H groups in total. The lowest BCUT2D eigenvalue weighted by Crippen LogP contribution is -2.34. The van der Waals surface area contributed by atoms with Crippen molar-refractivity contribution in [3.8, 4) is 0 Å². The molecule has 0 aliphatic rings. The number of nitrogens with one attached hydrogen (secondary N) is 1. The third-order valence-corrected chi connectivity index (χ3v) is 3.90. The number of rotatable bonds is 8. The maximum atomic E-state index is 3.75. The summed E-state index contributed by atoms with van der Waals surface area (Å²) in [5.41, 5.74) is 3.26. The van der Waals surface area contributed by atoms with Gasteiger partial charge in [0.05, 0.1) is 0 Å². The zero-order valence-electron chi connectivity index (χ0n) is 15.0. The highest BCUT2D eigenvalue weighted by molar-refractivity contribution is 5.23. The minimum Gasteiger partial charge on any atom is -0.314 e. The van der Waals surface area contributed by atoms with Crippen molar-refractivity contribution in [1.82, 2.24) is 5.32 Å². The maximum Gasteiger partial charge on any atom is 0.0110 e. The summed E-state index contributed by atoms with van der Waals surface area (Å²) in [5, 5.41) is 3.75. The van der Waals surface area contributed by atoms with Crippen LogP contribution in [0.5, 0.6) is 0 Å². The van der Waals surface area contributed by atoms with Crippen LogP contribution in [0, 0.1) is 18.3 Å². The predicted octanol–water partition coefficient (Wildman–Crippen LogP) is 5.37. The molecule has 0 aliphatic carbocycles. The Morgan fingerprint density at radius 1 is 1.19 bits per heavy atom. The van der Waals surface area contributed by atoms with Gasteiger partial charge < -0.3 is 5.32 Å². The molecule has 0 aromatic heterocycles. The van der Waals surface area contributed by atoms with E-state index in [4.69, 9.17) is 0 Å². The molecule has 0 radical (unpaired) electrons. The van der Waals surface area contributed by atoms with Gasteiger partial charge in [0.1, 0.15) is 0 Å². The van der Waals surface area contributed by atoms with Crippen LogP contribution in [-0.4, -0.2) is 12.6 Å². The Bertz CT molecular complexity index is 403. The average Bonchev–Trinajstić information content (AvgIpc) is 2.33. The van der Waals surface area contributed by atoms with Gasteiger partial charge in [-0.3, -0.25) is 0 Å². The Labute approximate surface area is 132 Å². The lowest BCUT2D eigenvalue weighted by atomic mass is 9.82. The Balaban J connectivity index is 2.62. The number of hydrogen-bond acceptors (Lipinski definition) is 1. The van der Waals surface area contributed by atoms with Gasteiger partial charge in [0, 0.05) is 6.04 Å². The molecule has 2 unspecified atom stereocenters. The molecule has 2 atom stereocenters. The molecule has 0 saturated heterocycles. The van der Waals surface area contributed by atoms with Gasteiger partial charge in [-0.25, -0.2) is 0 Å². The van der Waals surface area contributed by atoms with E-state index in [-0.39, 0.29) is 0 Å². The summed E-state index contributed by atoms with van der Waals surface area (Å²) in [6.07, 6.45) is 4.92. The van der Waals surface area contributed by atoms with Gasteiger partial charge in [-0.1, -0.05) is 64.4 Å². The van der Waals surface area contributed by atoms with Crippen LogP contribution in [0.25, 0.3) is 0 Å². The van der Waals surface area contributed by atoms with E-state index in [9.17, 15) is 0 Å². The fraction of sp³-hybridized carbons (Fsp3) is 0.700. The highest BCUT2D eigenvalue weighted by atomic mass is 14.9. The first-order chi connectivity index (χ1) is 9.80. The van der Waals surface area contributed by atoms with E-state index in [0.717, 1.165) is 18.9 Å². The highest BCUT2D eigenvalue weighted by Gasteiger charge is 2.19. The molecule has 1 aromatic carbocycles. The molecule has 1 heteroatoms. The van der Waals surface area contributed by atoms with Crippen LogP contribution in [-0.2, 0) is 6.42 Å². The molecular weight excluding hydrogens is 254 g/mol. The van der Waals surface area contributed by atoms with Crippen LogP contribution in [0.3, 0.4) is 0 Å². The van der Waals surface area contributed by atoms with Crippen LogP contribution in [0.4, 0.5) is 0 Å². The normalized spacial score (nSPS) is 15.0. The monoisotopic (exact) mass is 289 g/mol. The molecule has 0 aliphatic heterocycles. The Morgan fingerprint density at radius 3 is 2.48 bits per heavy atom. The fourth-order valence-corrected chi connectivity index (χ4v) is 3.33. The summed E-state index contributed by atoms with van der Waals surface area (Å²) in [6, 6.07) is 9.56. The third-order valence-electron chi connectivity index (χ3n) is 3.90. The first kappa shape index (κ1) is 18.2. The molecule has 0 bridgehead atoms. The molecular formula is C20H35N. The third kappa shape index (κ3) is 8.26. The molecule has 120 valence electrons. The molecule has 1 nitrogen and oxygen atoms in total. The number of hydrogen-bond donors (Lipinski definition) is 1. The first-order valence-corrected chi connectivity index (χ1v) is 8.59. The second kappa shape index (κ2) is 8.58. The van der Waals surface area contributed by atoms with E-state index < -0.39 is 0 Å². The van der Waals surface area contributed by atoms with Crippen LogP contribution in [0.15, 0.2) is 24.3 Å². The minimum absolute atomic E-state index is 0.429. The van der Waals surface area contributed by atoms with E-state index in [1.54, 1.807) is 0 Å². The molecule has 0 amide bonds. The van der Waals surface area contributed by atoms with Crippen molar-refractivity contribution in [2.45, 2.75) is 73.3 Å². The van der Waals surface area contributed by atoms with E-state index >= 15 is 0 Å². The second-order valence-corrected chi connectivity index (χ2v) is 7.95. The Hall–Kier alpha value is -0.820. The van der Waals surface area contributed by atoms with Crippen LogP contribution in [0.2, 0.25) is 0 Å². The van der Waals surface area contributed by atoms with E-state index in [0.29, 0.717) is 11.5 Å². The van der Waals surface area contributed by atoms with Gasteiger partial charge in [0.15, 0.2) is 0 Å². The lowest BCUT2D eigenvalue weighted by molar-refractivity contribution is 0.274. The summed E-state index contributed by atoms with van der Waals surface area (Å²) >= 11 is 0. The zero-order chi connectivity index (χ0) is 15.9. The lowest BCUT2D eigenvalue weighted by Gasteiger charge is -2.27. The van der Waals surface area contributed by atoms with Crippen LogP contribution >= 0.6 is 0 Å². The van der Waals surface area contributed by atoms with Crippen molar-refractivity contribution in [1.29, 1.82) is 0 Å². The molecule has 0 saturated carbocycles. The van der Waals surface area contributed by atoms with E-state index in [1.165, 1.54) is 30.4 Å². The first-order valence-electron chi connectivity index (χ1n) is 8.59. The molecule has 1 aromatic rings. The smallest absolute Gasteiger partial charge is 0.0110 e. The maximum absolute atomic E-state index is 3.75. The average molecular weight is 290 g/mol. The summed E-state index contributed by atoms with van der Waals surface area (Å²) in [5.74, 6) is 0.768. The van der Waals surface area contributed by atoms with Gasteiger partial charge in [-0.2, -0.15) is 0 Å². The summed E-state index contributed by atoms with van der Waals surface area (Å²) < 4.78 is 0. The van der Waals surface area contributed by atoms with Gasteiger partial charge in [0.2, 0.25) is 0 Å². The SMILES string of the molecule is CCCNC(Cc1cccc(C)c1)CC(C)CC(C)(C)C. The van der Waals surface area contributed by atoms with Crippen molar-refractivity contribution >= 4 is 0 Å². The summed E-state index contributed by atoms with van der Waals surface area (Å²) in [4.78, 5) is 0. The largest absolute Gasteiger partial charge is 0.314 e. The van der Waals surface area contributed by atoms with E-state index in [1.807, 2.05) is 0 Å². The van der Waals surface area contributed by atoms with Crippen LogP contribution < -0.4 is 5.32 Å². The quantitative estimate of drug-likeness (QED) is 0.678. The van der Waals surface area contributed by atoms with Crippen molar-refractivity contribution < 1.29 is 0 Å². The predicted molar refractivity (Wildman–Crippen MR) is 94.8 cm³/mol. The Kier molecular flexibility index (Phi) is 7.45. The standard InChI is InChI=1S/C20H35N/c1-7-11-21-19(13-17(3)15-20(4,5)6)14-18-10-8-9-16(2)12-18/h8-10,12,17,19,21H,7,11,13-15H2,1-6H3. The fourth-order valence-electron chi connectivity index (χ4n) is 3.33. The number of aryl methyl sites for hydroxylation is 1. The summed E-state index contributed by atoms with van der Waals surface area (Å²) in [7, 11) is 0. The van der Waals surface area contributed by atoms with Crippen molar-refractivity contribution in [3.63, 3.8) is 0 Å². The number of benzene rings is 1. The van der Waals surface area contributed by atoms with Gasteiger partial charge in [0.25, 0.3) is 0 Å².